The van der Waals surface area contributed by atoms with Crippen LogP contribution < -0.4 is 10.6 Å². The van der Waals surface area contributed by atoms with E-state index in [1.807, 2.05) is 0 Å². The number of rotatable bonds is 12. The summed E-state index contributed by atoms with van der Waals surface area (Å²) in [4.78, 5) is 42.1. The molecule has 188 valence electrons. The maximum absolute atomic E-state index is 13.1. The van der Waals surface area contributed by atoms with Crippen LogP contribution in [-0.4, -0.2) is 56.5 Å². The van der Waals surface area contributed by atoms with E-state index in [9.17, 15) is 38.2 Å². The van der Waals surface area contributed by atoms with E-state index in [4.69, 9.17) is 9.47 Å². The number of nitro groups is 2. The van der Waals surface area contributed by atoms with Crippen molar-refractivity contribution in [3.8, 4) is 0 Å². The molecule has 0 fully saturated rings. The van der Waals surface area contributed by atoms with Crippen LogP contribution in [0.3, 0.4) is 0 Å². The maximum Gasteiger partial charge on any atom is 0.302 e. The number of carbonyl (C=O) groups is 2. The van der Waals surface area contributed by atoms with Gasteiger partial charge in [-0.15, -0.1) is 0 Å². The van der Waals surface area contributed by atoms with Gasteiger partial charge in [-0.05, 0) is 24.3 Å². The molecule has 2 rings (SSSR count). The number of hydrogen-bond acceptors (Lipinski definition) is 12. The zero-order chi connectivity index (χ0) is 26.2. The fourth-order valence-electron chi connectivity index (χ4n) is 2.86. The molecule has 0 spiro atoms. The first-order chi connectivity index (χ1) is 16.4. The van der Waals surface area contributed by atoms with Gasteiger partial charge in [-0.25, -0.2) is 8.42 Å². The first-order valence-corrected chi connectivity index (χ1v) is 11.5. The average Bonchev–Trinajstić information content (AvgIpc) is 2.79. The summed E-state index contributed by atoms with van der Waals surface area (Å²) < 4.78 is 35.6. The number of benzene rings is 2. The summed E-state index contributed by atoms with van der Waals surface area (Å²) >= 11 is 0. The van der Waals surface area contributed by atoms with Gasteiger partial charge in [-0.3, -0.25) is 29.8 Å². The van der Waals surface area contributed by atoms with Crippen LogP contribution in [0.1, 0.15) is 13.8 Å². The normalized spacial score (nSPS) is 10.8. The van der Waals surface area contributed by atoms with Crippen LogP contribution in [0.5, 0.6) is 0 Å². The van der Waals surface area contributed by atoms with E-state index in [-0.39, 0.29) is 37.7 Å². The van der Waals surface area contributed by atoms with Crippen LogP contribution >= 0.6 is 0 Å². The second-order valence-corrected chi connectivity index (χ2v) is 8.86. The number of hydrogen-bond donors (Lipinski definition) is 2. The molecule has 0 aliphatic carbocycles. The minimum Gasteiger partial charge on any atom is -0.464 e. The molecule has 0 aromatic heterocycles. The van der Waals surface area contributed by atoms with E-state index in [0.717, 1.165) is 24.3 Å². The Morgan fingerprint density at radius 3 is 1.49 bits per heavy atom. The quantitative estimate of drug-likeness (QED) is 0.183. The molecule has 0 heterocycles. The zero-order valence-corrected chi connectivity index (χ0v) is 19.5. The highest BCUT2D eigenvalue weighted by atomic mass is 32.2. The summed E-state index contributed by atoms with van der Waals surface area (Å²) in [5, 5.41) is 28.4. The minimum absolute atomic E-state index is 0.000546. The molecule has 14 nitrogen and oxygen atoms in total. The monoisotopic (exact) mass is 510 g/mol. The smallest absolute Gasteiger partial charge is 0.302 e. The predicted octanol–water partition coefficient (Wildman–Crippen LogP) is 2.29. The van der Waals surface area contributed by atoms with Gasteiger partial charge in [0.15, 0.2) is 0 Å². The van der Waals surface area contributed by atoms with Crippen molar-refractivity contribution < 1.29 is 37.3 Å². The number of nitrogens with one attached hydrogen (secondary N) is 2. The lowest BCUT2D eigenvalue weighted by Crippen LogP contribution is -2.13. The molecule has 35 heavy (non-hydrogen) atoms. The van der Waals surface area contributed by atoms with Crippen LogP contribution in [0.2, 0.25) is 0 Å². The van der Waals surface area contributed by atoms with Gasteiger partial charge in [0.1, 0.15) is 24.6 Å². The Hall–Kier alpha value is -4.27. The standard InChI is InChI=1S/C20H22N4O10S/c1-13(25)33-9-7-21-17-5-3-15(11-19(17)23(27)28)35(31,32)16-4-6-18(20(12-16)24(29)30)22-8-10-34-14(2)26/h3-6,11-12,21-22H,7-10H2,1-2H3. The van der Waals surface area contributed by atoms with Gasteiger partial charge in [-0.1, -0.05) is 0 Å². The van der Waals surface area contributed by atoms with E-state index in [2.05, 4.69) is 10.6 Å². The van der Waals surface area contributed by atoms with E-state index >= 15 is 0 Å². The number of nitro benzene ring substituents is 2. The molecule has 2 aromatic rings. The van der Waals surface area contributed by atoms with E-state index < -0.39 is 52.8 Å². The van der Waals surface area contributed by atoms with Gasteiger partial charge >= 0.3 is 11.9 Å². The average molecular weight is 510 g/mol. The third kappa shape index (κ3) is 7.36. The molecule has 0 aliphatic heterocycles. The van der Waals surface area contributed by atoms with Crippen molar-refractivity contribution in [3.05, 3.63) is 56.6 Å². The SMILES string of the molecule is CC(=O)OCCNc1ccc(S(=O)(=O)c2ccc(NCCOC(C)=O)c([N+](=O)[O-])c2)cc1[N+](=O)[O-]. The number of ether oxygens (including phenoxy) is 2. The Bertz CT molecular complexity index is 1160. The van der Waals surface area contributed by atoms with Gasteiger partial charge in [0.2, 0.25) is 9.84 Å². The summed E-state index contributed by atoms with van der Waals surface area (Å²) in [6, 6.07) is 6.26. The van der Waals surface area contributed by atoms with Gasteiger partial charge in [0, 0.05) is 39.1 Å². The fraction of sp³-hybridized carbons (Fsp3) is 0.300. The van der Waals surface area contributed by atoms with Crippen molar-refractivity contribution in [2.24, 2.45) is 0 Å². The van der Waals surface area contributed by atoms with Crippen LogP contribution in [0, 0.1) is 20.2 Å². The number of esters is 2. The first-order valence-electron chi connectivity index (χ1n) is 10.00. The molecule has 0 unspecified atom stereocenters. The Morgan fingerprint density at radius 2 is 1.17 bits per heavy atom. The highest BCUT2D eigenvalue weighted by Crippen LogP contribution is 2.33. The number of sulfone groups is 1. The van der Waals surface area contributed by atoms with Crippen LogP contribution in [0.4, 0.5) is 22.7 Å². The van der Waals surface area contributed by atoms with Crippen molar-refractivity contribution in [3.63, 3.8) is 0 Å². The largest absolute Gasteiger partial charge is 0.464 e. The highest BCUT2D eigenvalue weighted by Gasteiger charge is 2.26. The molecule has 0 saturated heterocycles. The Kier molecular flexibility index (Phi) is 9.04. The molecule has 0 saturated carbocycles. The Morgan fingerprint density at radius 1 is 0.800 bits per heavy atom. The second kappa shape index (κ2) is 11.7. The van der Waals surface area contributed by atoms with Crippen LogP contribution in [0.25, 0.3) is 0 Å². The molecular weight excluding hydrogens is 488 g/mol. The number of nitrogens with zero attached hydrogens (tertiary/aromatic N) is 2. The molecule has 0 radical (unpaired) electrons. The lowest BCUT2D eigenvalue weighted by atomic mass is 10.2. The van der Waals surface area contributed by atoms with E-state index in [1.165, 1.54) is 26.0 Å². The topological polar surface area (TPSA) is 197 Å². The van der Waals surface area contributed by atoms with Crippen molar-refractivity contribution >= 4 is 44.5 Å². The molecule has 0 atom stereocenters. The third-order valence-electron chi connectivity index (χ3n) is 4.40. The summed E-state index contributed by atoms with van der Waals surface area (Å²) in [5.74, 6) is -1.05. The van der Waals surface area contributed by atoms with Gasteiger partial charge in [0.05, 0.1) is 19.6 Å². The maximum atomic E-state index is 13.1. The number of anilines is 2. The summed E-state index contributed by atoms with van der Waals surface area (Å²) in [6.07, 6.45) is 0. The summed E-state index contributed by atoms with van der Waals surface area (Å²) in [5.41, 5.74) is -1.10. The number of carbonyl (C=O) groups excluding carboxylic acids is 2. The summed E-state index contributed by atoms with van der Waals surface area (Å²) in [7, 11) is -4.36. The van der Waals surface area contributed by atoms with Crippen molar-refractivity contribution in [2.75, 3.05) is 36.9 Å². The molecular formula is C20H22N4O10S. The molecule has 0 bridgehead atoms. The van der Waals surface area contributed by atoms with Gasteiger partial charge in [-0.2, -0.15) is 0 Å². The van der Waals surface area contributed by atoms with Gasteiger partial charge in [0.25, 0.3) is 11.4 Å². The highest BCUT2D eigenvalue weighted by molar-refractivity contribution is 7.91. The van der Waals surface area contributed by atoms with E-state index in [1.54, 1.807) is 0 Å². The lowest BCUT2D eigenvalue weighted by molar-refractivity contribution is -0.384. The molecule has 0 aliphatic rings. The zero-order valence-electron chi connectivity index (χ0n) is 18.7. The fourth-order valence-corrected chi connectivity index (χ4v) is 4.16. The molecule has 2 N–H and O–H groups in total. The van der Waals surface area contributed by atoms with Crippen LogP contribution in [-0.2, 0) is 28.9 Å². The Labute approximate surface area is 199 Å². The predicted molar refractivity (Wildman–Crippen MR) is 122 cm³/mol. The van der Waals surface area contributed by atoms with Gasteiger partial charge < -0.3 is 20.1 Å². The third-order valence-corrected chi connectivity index (χ3v) is 6.15. The van der Waals surface area contributed by atoms with Crippen molar-refractivity contribution in [1.82, 2.24) is 0 Å². The molecule has 15 heteroatoms. The Balaban J connectivity index is 2.33. The lowest BCUT2D eigenvalue weighted by Gasteiger charge is -2.11. The van der Waals surface area contributed by atoms with E-state index in [0.29, 0.717) is 0 Å². The molecule has 0 amide bonds. The minimum atomic E-state index is -4.36. The van der Waals surface area contributed by atoms with Crippen molar-refractivity contribution in [2.45, 2.75) is 23.6 Å². The summed E-state index contributed by atoms with van der Waals surface area (Å²) in [6.45, 7) is 2.39. The second-order valence-electron chi connectivity index (χ2n) is 6.91. The van der Waals surface area contributed by atoms with Crippen molar-refractivity contribution in [1.29, 1.82) is 0 Å². The first kappa shape index (κ1) is 27.0. The van der Waals surface area contributed by atoms with Crippen LogP contribution in [0.15, 0.2) is 46.2 Å². The molecule has 2 aromatic carbocycles.